The van der Waals surface area contributed by atoms with Crippen molar-refractivity contribution >= 4 is 11.6 Å². The average molecular weight is 302 g/mol. The molecule has 5 nitrogen and oxygen atoms in total. The summed E-state index contributed by atoms with van der Waals surface area (Å²) >= 11 is 6.11. The Hall–Kier alpha value is -1.17. The molecular formula is C14H20ClNO4. The van der Waals surface area contributed by atoms with Gasteiger partial charge in [0.1, 0.15) is 25.9 Å². The first-order chi connectivity index (χ1) is 9.58. The summed E-state index contributed by atoms with van der Waals surface area (Å²) in [5.74, 6) is 1.55. The molecule has 1 heterocycles. The van der Waals surface area contributed by atoms with Crippen LogP contribution in [0, 0.1) is 0 Å². The van der Waals surface area contributed by atoms with Gasteiger partial charge in [-0.25, -0.2) is 0 Å². The highest BCUT2D eigenvalue weighted by Gasteiger charge is 2.21. The lowest BCUT2D eigenvalue weighted by molar-refractivity contribution is 0.0985. The number of nitrogens with one attached hydrogen (secondary N) is 1. The summed E-state index contributed by atoms with van der Waals surface area (Å²) in [6.07, 6.45) is -0.617. The second-order valence-electron chi connectivity index (χ2n) is 4.93. The molecule has 112 valence electrons. The second kappa shape index (κ2) is 7.02. The zero-order valence-corrected chi connectivity index (χ0v) is 12.4. The molecule has 0 aromatic heterocycles. The van der Waals surface area contributed by atoms with E-state index < -0.39 is 6.10 Å². The molecule has 0 saturated heterocycles. The van der Waals surface area contributed by atoms with Gasteiger partial charge in [-0.3, -0.25) is 0 Å². The van der Waals surface area contributed by atoms with Crippen LogP contribution in [0.1, 0.15) is 13.8 Å². The Morgan fingerprint density at radius 3 is 2.85 bits per heavy atom. The summed E-state index contributed by atoms with van der Waals surface area (Å²) in [4.78, 5) is 0. The van der Waals surface area contributed by atoms with Crippen LogP contribution in [0.4, 0.5) is 0 Å². The fraction of sp³-hybridized carbons (Fsp3) is 0.571. The van der Waals surface area contributed by atoms with Gasteiger partial charge in [0.05, 0.1) is 5.02 Å². The molecule has 2 rings (SSSR count). The maximum absolute atomic E-state index is 9.85. The Bertz CT molecular complexity index is 453. The van der Waals surface area contributed by atoms with Crippen molar-refractivity contribution in [1.29, 1.82) is 0 Å². The summed E-state index contributed by atoms with van der Waals surface area (Å²) < 4.78 is 16.6. The van der Waals surface area contributed by atoms with Crippen LogP contribution in [0.15, 0.2) is 12.1 Å². The van der Waals surface area contributed by atoms with Gasteiger partial charge in [0, 0.05) is 12.6 Å². The van der Waals surface area contributed by atoms with Gasteiger partial charge in [0.15, 0.2) is 11.5 Å². The number of hydrogen-bond acceptors (Lipinski definition) is 5. The van der Waals surface area contributed by atoms with E-state index in [9.17, 15) is 5.11 Å². The van der Waals surface area contributed by atoms with Gasteiger partial charge in [-0.1, -0.05) is 25.4 Å². The van der Waals surface area contributed by atoms with E-state index in [-0.39, 0.29) is 6.61 Å². The minimum Gasteiger partial charge on any atom is -0.486 e. The molecule has 2 N–H and O–H groups in total. The van der Waals surface area contributed by atoms with Gasteiger partial charge in [-0.15, -0.1) is 0 Å². The van der Waals surface area contributed by atoms with E-state index in [0.29, 0.717) is 48.1 Å². The van der Waals surface area contributed by atoms with Crippen LogP contribution >= 0.6 is 11.6 Å². The van der Waals surface area contributed by atoms with E-state index in [1.807, 2.05) is 13.8 Å². The van der Waals surface area contributed by atoms with Crippen molar-refractivity contribution in [3.8, 4) is 17.2 Å². The summed E-state index contributed by atoms with van der Waals surface area (Å²) in [6, 6.07) is 3.76. The first kappa shape index (κ1) is 15.2. The molecule has 0 spiro atoms. The van der Waals surface area contributed by atoms with E-state index in [4.69, 9.17) is 25.8 Å². The van der Waals surface area contributed by atoms with E-state index >= 15 is 0 Å². The van der Waals surface area contributed by atoms with Crippen molar-refractivity contribution in [2.75, 3.05) is 26.4 Å². The first-order valence-electron chi connectivity index (χ1n) is 6.70. The highest BCUT2D eigenvalue weighted by molar-refractivity contribution is 6.32. The maximum atomic E-state index is 9.85. The lowest BCUT2D eigenvalue weighted by atomic mass is 10.2. The van der Waals surface area contributed by atoms with Crippen molar-refractivity contribution in [3.63, 3.8) is 0 Å². The maximum Gasteiger partial charge on any atom is 0.205 e. The van der Waals surface area contributed by atoms with Crippen LogP contribution in [-0.4, -0.2) is 43.6 Å². The van der Waals surface area contributed by atoms with Gasteiger partial charge >= 0.3 is 0 Å². The molecule has 20 heavy (non-hydrogen) atoms. The Morgan fingerprint density at radius 1 is 1.35 bits per heavy atom. The van der Waals surface area contributed by atoms with Crippen LogP contribution in [0.5, 0.6) is 17.2 Å². The quantitative estimate of drug-likeness (QED) is 0.840. The fourth-order valence-corrected chi connectivity index (χ4v) is 2.01. The predicted octanol–water partition coefficient (Wildman–Crippen LogP) is 1.85. The third kappa shape index (κ3) is 3.91. The molecule has 0 unspecified atom stereocenters. The lowest BCUT2D eigenvalue weighted by Crippen LogP contribution is -2.35. The number of fused-ring (bicyclic) bond motifs is 1. The Kier molecular flexibility index (Phi) is 5.34. The normalized spacial score (nSPS) is 15.2. The highest BCUT2D eigenvalue weighted by Crippen LogP contribution is 2.44. The molecule has 1 atom stereocenters. The molecule has 1 aromatic rings. The molecule has 1 aromatic carbocycles. The third-order valence-electron chi connectivity index (χ3n) is 2.80. The molecule has 1 aliphatic heterocycles. The van der Waals surface area contributed by atoms with Gasteiger partial charge in [-0.05, 0) is 12.1 Å². The van der Waals surface area contributed by atoms with Crippen molar-refractivity contribution in [2.45, 2.75) is 26.0 Å². The molecule has 0 saturated carbocycles. The standard InChI is InChI=1S/C14H20ClNO4/c1-9(2)16-7-10(17)8-20-13-11(15)3-4-12-14(13)19-6-5-18-12/h3-4,9-10,16-17H,5-8H2,1-2H3/t10-/m0/s1. The fourth-order valence-electron chi connectivity index (χ4n) is 1.81. The molecule has 0 aliphatic carbocycles. The molecule has 6 heteroatoms. The van der Waals surface area contributed by atoms with Gasteiger partial charge < -0.3 is 24.6 Å². The van der Waals surface area contributed by atoms with Crippen LogP contribution in [-0.2, 0) is 0 Å². The molecule has 1 aliphatic rings. The number of halogens is 1. The minimum absolute atomic E-state index is 0.138. The van der Waals surface area contributed by atoms with Crippen molar-refractivity contribution in [2.24, 2.45) is 0 Å². The average Bonchev–Trinajstić information content (AvgIpc) is 2.44. The van der Waals surface area contributed by atoms with Crippen LogP contribution < -0.4 is 19.5 Å². The molecule has 0 bridgehead atoms. The van der Waals surface area contributed by atoms with Crippen molar-refractivity contribution in [3.05, 3.63) is 17.2 Å². The zero-order valence-electron chi connectivity index (χ0n) is 11.7. The summed E-state index contributed by atoms with van der Waals surface area (Å²) in [5.41, 5.74) is 0. The van der Waals surface area contributed by atoms with Gasteiger partial charge in [-0.2, -0.15) is 0 Å². The molecule has 0 radical (unpaired) electrons. The largest absolute Gasteiger partial charge is 0.486 e. The third-order valence-corrected chi connectivity index (χ3v) is 3.09. The number of ether oxygens (including phenoxy) is 3. The Morgan fingerprint density at radius 2 is 2.10 bits per heavy atom. The summed E-state index contributed by atoms with van der Waals surface area (Å²) in [6.45, 7) is 5.60. The minimum atomic E-state index is -0.617. The lowest BCUT2D eigenvalue weighted by Gasteiger charge is -2.22. The number of hydrogen-bond donors (Lipinski definition) is 2. The van der Waals surface area contributed by atoms with Crippen molar-refractivity contribution < 1.29 is 19.3 Å². The van der Waals surface area contributed by atoms with E-state index in [1.54, 1.807) is 12.1 Å². The second-order valence-corrected chi connectivity index (χ2v) is 5.34. The molecule has 0 amide bonds. The zero-order chi connectivity index (χ0) is 14.5. The number of aliphatic hydroxyl groups is 1. The number of benzene rings is 1. The summed E-state index contributed by atoms with van der Waals surface area (Å²) in [7, 11) is 0. The monoisotopic (exact) mass is 301 g/mol. The molecular weight excluding hydrogens is 282 g/mol. The Labute approximate surface area is 123 Å². The SMILES string of the molecule is CC(C)NC[C@H](O)COc1c(Cl)ccc2c1OCCO2. The number of rotatable bonds is 6. The van der Waals surface area contributed by atoms with Crippen LogP contribution in [0.2, 0.25) is 5.02 Å². The van der Waals surface area contributed by atoms with E-state index in [2.05, 4.69) is 5.32 Å². The van der Waals surface area contributed by atoms with E-state index in [0.717, 1.165) is 0 Å². The van der Waals surface area contributed by atoms with Crippen LogP contribution in [0.25, 0.3) is 0 Å². The van der Waals surface area contributed by atoms with Crippen LogP contribution in [0.3, 0.4) is 0 Å². The topological polar surface area (TPSA) is 60.0 Å². The van der Waals surface area contributed by atoms with Crippen molar-refractivity contribution in [1.82, 2.24) is 5.32 Å². The smallest absolute Gasteiger partial charge is 0.205 e. The van der Waals surface area contributed by atoms with E-state index in [1.165, 1.54) is 0 Å². The summed E-state index contributed by atoms with van der Waals surface area (Å²) in [5, 5.41) is 13.4. The van der Waals surface area contributed by atoms with Gasteiger partial charge in [0.25, 0.3) is 0 Å². The Balaban J connectivity index is 1.98. The molecule has 0 fully saturated rings. The number of aliphatic hydroxyl groups excluding tert-OH is 1. The van der Waals surface area contributed by atoms with Gasteiger partial charge in [0.2, 0.25) is 5.75 Å². The highest BCUT2D eigenvalue weighted by atomic mass is 35.5. The first-order valence-corrected chi connectivity index (χ1v) is 7.08. The predicted molar refractivity (Wildman–Crippen MR) is 77.1 cm³/mol.